The van der Waals surface area contributed by atoms with Crippen molar-refractivity contribution in [3.8, 4) is 5.75 Å². The molecule has 2 aromatic rings. The Morgan fingerprint density at radius 1 is 1.37 bits per heavy atom. The van der Waals surface area contributed by atoms with Gasteiger partial charge in [-0.25, -0.2) is 4.79 Å². The summed E-state index contributed by atoms with van der Waals surface area (Å²) in [4.78, 5) is 27.5. The van der Waals surface area contributed by atoms with E-state index in [4.69, 9.17) is 9.47 Å². The first-order chi connectivity index (χ1) is 13.1. The Hall–Kier alpha value is -2.74. The molecule has 1 aromatic carbocycles. The molecule has 27 heavy (non-hydrogen) atoms. The molecule has 1 unspecified atom stereocenters. The Labute approximate surface area is 161 Å². The summed E-state index contributed by atoms with van der Waals surface area (Å²) in [5.74, 6) is 0.656. The predicted octanol–water partition coefficient (Wildman–Crippen LogP) is 3.13. The molecule has 7 nitrogen and oxygen atoms in total. The molecule has 2 aliphatic heterocycles. The fraction of sp³-hybridized carbons (Fsp3) is 0.368. The first kappa shape index (κ1) is 17.7. The molecule has 0 radical (unpaired) electrons. The highest BCUT2D eigenvalue weighted by Gasteiger charge is 2.34. The van der Waals surface area contributed by atoms with Crippen LogP contribution in [0.15, 0.2) is 24.3 Å². The average Bonchev–Trinajstić information content (AvgIpc) is 3.06. The van der Waals surface area contributed by atoms with E-state index in [9.17, 15) is 9.59 Å². The Bertz CT molecular complexity index is 895. The fourth-order valence-electron chi connectivity index (χ4n) is 3.47. The maximum atomic E-state index is 12.8. The van der Waals surface area contributed by atoms with Crippen LogP contribution >= 0.6 is 11.3 Å². The minimum Gasteiger partial charge on any atom is -0.497 e. The Balaban J connectivity index is 1.60. The number of thiophene rings is 1. The van der Waals surface area contributed by atoms with E-state index in [0.717, 1.165) is 26.8 Å². The third kappa shape index (κ3) is 3.21. The molecule has 0 bridgehead atoms. The van der Waals surface area contributed by atoms with Gasteiger partial charge >= 0.3 is 6.09 Å². The van der Waals surface area contributed by atoms with Crippen molar-refractivity contribution in [3.05, 3.63) is 45.8 Å². The Morgan fingerprint density at radius 3 is 3.00 bits per heavy atom. The van der Waals surface area contributed by atoms with Crippen molar-refractivity contribution < 1.29 is 19.1 Å². The summed E-state index contributed by atoms with van der Waals surface area (Å²) >= 11 is 1.54. The second-order valence-corrected chi connectivity index (χ2v) is 7.51. The molecule has 0 saturated heterocycles. The van der Waals surface area contributed by atoms with Crippen molar-refractivity contribution in [1.29, 1.82) is 0 Å². The van der Waals surface area contributed by atoms with Crippen molar-refractivity contribution in [2.45, 2.75) is 26.1 Å². The lowest BCUT2D eigenvalue weighted by atomic mass is 10.0. The highest BCUT2D eigenvalue weighted by atomic mass is 32.1. The fourth-order valence-corrected chi connectivity index (χ4v) is 4.76. The maximum Gasteiger partial charge on any atom is 0.410 e. The van der Waals surface area contributed by atoms with Crippen molar-refractivity contribution >= 4 is 28.3 Å². The normalized spacial score (nSPS) is 18.1. The number of benzene rings is 1. The number of nitrogens with zero attached hydrogens (tertiary/aromatic N) is 1. The van der Waals surface area contributed by atoms with Crippen LogP contribution in [0.1, 0.15) is 39.5 Å². The molecular formula is C19H21N3O4S. The van der Waals surface area contributed by atoms with Crippen LogP contribution in [0.25, 0.3) is 0 Å². The molecule has 142 valence electrons. The predicted molar refractivity (Wildman–Crippen MR) is 102 cm³/mol. The monoisotopic (exact) mass is 387 g/mol. The summed E-state index contributed by atoms with van der Waals surface area (Å²) in [6.45, 7) is 3.19. The molecule has 2 N–H and O–H groups in total. The average molecular weight is 387 g/mol. The van der Waals surface area contributed by atoms with Crippen molar-refractivity contribution in [3.63, 3.8) is 0 Å². The van der Waals surface area contributed by atoms with Crippen LogP contribution in [0.3, 0.4) is 0 Å². The summed E-state index contributed by atoms with van der Waals surface area (Å²) in [5.41, 5.74) is 2.66. The van der Waals surface area contributed by atoms with Crippen LogP contribution in [-0.4, -0.2) is 37.2 Å². The van der Waals surface area contributed by atoms with E-state index in [-0.39, 0.29) is 18.2 Å². The summed E-state index contributed by atoms with van der Waals surface area (Å²) < 4.78 is 10.4. The third-order valence-electron chi connectivity index (χ3n) is 4.79. The van der Waals surface area contributed by atoms with Crippen LogP contribution in [0.5, 0.6) is 5.75 Å². The number of rotatable bonds is 3. The van der Waals surface area contributed by atoms with E-state index in [2.05, 4.69) is 10.6 Å². The standard InChI is InChI=1S/C19H21N3O4S/c1-3-26-19(24)22-8-7-13-14(10-22)27-18-15(13)17(23)20-16(21-18)11-5-4-6-12(9-11)25-2/h4-6,9,16,21H,3,7-8,10H2,1-2H3,(H,20,23). The second-order valence-electron chi connectivity index (χ2n) is 6.41. The molecule has 2 amide bonds. The number of fused-ring (bicyclic) bond motifs is 3. The van der Waals surface area contributed by atoms with Gasteiger partial charge in [-0.2, -0.15) is 0 Å². The number of carbonyl (C=O) groups is 2. The minimum absolute atomic E-state index is 0.0846. The number of methoxy groups -OCH3 is 1. The van der Waals surface area contributed by atoms with Gasteiger partial charge in [0.1, 0.15) is 16.9 Å². The lowest BCUT2D eigenvalue weighted by Gasteiger charge is -2.28. The highest BCUT2D eigenvalue weighted by molar-refractivity contribution is 7.16. The molecule has 0 aliphatic carbocycles. The number of carbonyl (C=O) groups excluding carboxylic acids is 2. The summed E-state index contributed by atoms with van der Waals surface area (Å²) in [6, 6.07) is 7.61. The molecule has 0 spiro atoms. The SMILES string of the molecule is CCOC(=O)N1CCc2c(sc3c2C(=O)NC(c2cccc(OC)c2)N3)C1. The molecule has 2 aliphatic rings. The van der Waals surface area contributed by atoms with E-state index < -0.39 is 0 Å². The molecule has 0 fully saturated rings. The third-order valence-corrected chi connectivity index (χ3v) is 5.94. The molecular weight excluding hydrogens is 366 g/mol. The minimum atomic E-state index is -0.318. The lowest BCUT2D eigenvalue weighted by molar-refractivity contribution is 0.0934. The van der Waals surface area contributed by atoms with Gasteiger partial charge in [0.15, 0.2) is 0 Å². The first-order valence-electron chi connectivity index (χ1n) is 8.88. The Kier molecular flexibility index (Phi) is 4.65. The topological polar surface area (TPSA) is 79.9 Å². The largest absolute Gasteiger partial charge is 0.497 e. The highest BCUT2D eigenvalue weighted by Crippen LogP contribution is 2.41. The number of hydrogen-bond acceptors (Lipinski definition) is 6. The van der Waals surface area contributed by atoms with Gasteiger partial charge in [-0.15, -0.1) is 11.3 Å². The van der Waals surface area contributed by atoms with Gasteiger partial charge in [-0.3, -0.25) is 4.79 Å². The smallest absolute Gasteiger partial charge is 0.410 e. The second kappa shape index (κ2) is 7.11. The first-order valence-corrected chi connectivity index (χ1v) is 9.70. The molecule has 1 atom stereocenters. The zero-order valence-electron chi connectivity index (χ0n) is 15.2. The summed E-state index contributed by atoms with van der Waals surface area (Å²) in [6.07, 6.45) is 0.0291. The number of anilines is 1. The summed E-state index contributed by atoms with van der Waals surface area (Å²) in [7, 11) is 1.62. The van der Waals surface area contributed by atoms with Gasteiger partial charge < -0.3 is 25.0 Å². The number of hydrogen-bond donors (Lipinski definition) is 2. The molecule has 0 saturated carbocycles. The molecule has 1 aromatic heterocycles. The van der Waals surface area contributed by atoms with Crippen LogP contribution in [0, 0.1) is 0 Å². The molecule has 4 rings (SSSR count). The van der Waals surface area contributed by atoms with E-state index in [0.29, 0.717) is 31.7 Å². The number of nitrogens with one attached hydrogen (secondary N) is 2. The van der Waals surface area contributed by atoms with Crippen LogP contribution in [0.4, 0.5) is 9.80 Å². The van der Waals surface area contributed by atoms with E-state index in [1.54, 1.807) is 18.9 Å². The zero-order chi connectivity index (χ0) is 19.0. The van der Waals surface area contributed by atoms with Gasteiger partial charge in [-0.05, 0) is 36.6 Å². The summed E-state index contributed by atoms with van der Waals surface area (Å²) in [5, 5.41) is 7.29. The molecule has 3 heterocycles. The van der Waals surface area contributed by atoms with Crippen LogP contribution in [0.2, 0.25) is 0 Å². The van der Waals surface area contributed by atoms with Crippen molar-refractivity contribution in [2.75, 3.05) is 25.6 Å². The number of ether oxygens (including phenoxy) is 2. The van der Waals surface area contributed by atoms with E-state index in [1.807, 2.05) is 24.3 Å². The van der Waals surface area contributed by atoms with Gasteiger partial charge in [0.25, 0.3) is 5.91 Å². The maximum absolute atomic E-state index is 12.8. The van der Waals surface area contributed by atoms with Gasteiger partial charge in [0, 0.05) is 11.4 Å². The van der Waals surface area contributed by atoms with E-state index >= 15 is 0 Å². The Morgan fingerprint density at radius 2 is 2.22 bits per heavy atom. The number of amides is 2. The van der Waals surface area contributed by atoms with Gasteiger partial charge in [0.2, 0.25) is 0 Å². The van der Waals surface area contributed by atoms with E-state index in [1.165, 1.54) is 11.3 Å². The zero-order valence-corrected chi connectivity index (χ0v) is 16.0. The molecule has 8 heteroatoms. The van der Waals surface area contributed by atoms with Crippen LogP contribution < -0.4 is 15.4 Å². The quantitative estimate of drug-likeness (QED) is 0.846. The van der Waals surface area contributed by atoms with Crippen LogP contribution in [-0.2, 0) is 17.7 Å². The van der Waals surface area contributed by atoms with Gasteiger partial charge in [0.05, 0.1) is 25.8 Å². The van der Waals surface area contributed by atoms with Crippen molar-refractivity contribution in [1.82, 2.24) is 10.2 Å². The van der Waals surface area contributed by atoms with Gasteiger partial charge in [-0.1, -0.05) is 12.1 Å². The lowest BCUT2D eigenvalue weighted by Crippen LogP contribution is -2.39. The van der Waals surface area contributed by atoms with Crippen molar-refractivity contribution in [2.24, 2.45) is 0 Å².